The summed E-state index contributed by atoms with van der Waals surface area (Å²) in [6, 6.07) is 16.1. The summed E-state index contributed by atoms with van der Waals surface area (Å²) in [6.07, 6.45) is -0.791. The number of anilines is 3. The number of nitrogens with one attached hydrogen (secondary N) is 7. The third-order valence-electron chi connectivity index (χ3n) is 14.7. The van der Waals surface area contributed by atoms with Gasteiger partial charge in [0.1, 0.15) is 56.3 Å². The summed E-state index contributed by atoms with van der Waals surface area (Å²) in [5.74, 6) is -4.56. The van der Waals surface area contributed by atoms with Gasteiger partial charge in [0.05, 0.1) is 38.1 Å². The molecule has 4 aromatic carbocycles. The van der Waals surface area contributed by atoms with Gasteiger partial charge >= 0.3 is 12.2 Å². The van der Waals surface area contributed by atoms with Gasteiger partial charge in [-0.25, -0.2) is 14.5 Å². The van der Waals surface area contributed by atoms with E-state index in [0.29, 0.717) is 60.0 Å². The first kappa shape index (κ1) is 66.3. The van der Waals surface area contributed by atoms with Gasteiger partial charge in [-0.05, 0) is 110 Å². The van der Waals surface area contributed by atoms with E-state index in [4.69, 9.17) is 33.2 Å². The van der Waals surface area contributed by atoms with Crippen molar-refractivity contribution in [2.24, 2.45) is 5.92 Å². The molecule has 7 atom stereocenters. The number of carbonyl (C=O) groups is 9. The molecule has 0 bridgehead atoms. The van der Waals surface area contributed by atoms with Crippen molar-refractivity contribution in [2.75, 3.05) is 69.3 Å². The minimum atomic E-state index is -1.59. The number of ether oxygens (including phenoxy) is 7. The predicted molar refractivity (Wildman–Crippen MR) is 321 cm³/mol. The second-order valence-electron chi connectivity index (χ2n) is 21.4. The molecule has 0 spiro atoms. The number of nitrogens with zero attached hydrogens (tertiary/aromatic N) is 2. The maximum atomic E-state index is 14.4. The minimum absolute atomic E-state index is 0.0386. The summed E-state index contributed by atoms with van der Waals surface area (Å²) in [5.41, 5.74) is 3.87. The standard InChI is InChI=1S/C62H77N9O17/c1-10-63-61(80)87-31-39-15-22-46-44(25-39)35(5)54(58(77)65-37(7)56(75)67-46)69-52(73)33-85-32-51(72)68-53(34(3)4)57(76)64-36(6)55(74)66-42-18-13-38(14-19-42)30-88-62(81)71-47-28-50(86-24-12-23-84-11-2)49(83-9)27-45(47)59(78)70-29-41(26-48(70)60(71)79)40-16-20-43(82-8)21-17-40/h13-22,25,27-29,34-37,48,53-54,60,79H,10-12,23-24,26,30-33H2,1-9H3,(H,63,80)(H,64,76)(H,65,77)(H,66,74)(H,67,75)(H,68,72)(H,69,73)/t35?,36-,37?,48-,53-,54-,60?/m0/s1. The highest BCUT2D eigenvalue weighted by atomic mass is 16.6. The van der Waals surface area contributed by atoms with E-state index >= 15 is 0 Å². The molecule has 0 fully saturated rings. The van der Waals surface area contributed by atoms with Gasteiger partial charge in [0.2, 0.25) is 35.4 Å². The van der Waals surface area contributed by atoms with E-state index in [1.807, 2.05) is 19.1 Å². The van der Waals surface area contributed by atoms with Crippen molar-refractivity contribution in [2.45, 2.75) is 117 Å². The third kappa shape index (κ3) is 16.8. The second-order valence-corrected chi connectivity index (χ2v) is 21.4. The molecule has 4 aromatic rings. The zero-order valence-corrected chi connectivity index (χ0v) is 50.6. The third-order valence-corrected chi connectivity index (χ3v) is 14.7. The van der Waals surface area contributed by atoms with Crippen LogP contribution in [-0.2, 0) is 60.9 Å². The van der Waals surface area contributed by atoms with Gasteiger partial charge in [-0.1, -0.05) is 51.1 Å². The fraction of sp³-hybridized carbons (Fsp3) is 0.435. The Balaban J connectivity index is 0.925. The van der Waals surface area contributed by atoms with Crippen LogP contribution in [0.2, 0.25) is 0 Å². The van der Waals surface area contributed by atoms with E-state index in [1.165, 1.54) is 38.0 Å². The van der Waals surface area contributed by atoms with Crippen LogP contribution in [0.4, 0.5) is 26.7 Å². The highest BCUT2D eigenvalue weighted by molar-refractivity contribution is 6.07. The smallest absolute Gasteiger partial charge is 0.416 e. The van der Waals surface area contributed by atoms with Crippen LogP contribution >= 0.6 is 0 Å². The number of hydrogen-bond acceptors (Lipinski definition) is 17. The summed E-state index contributed by atoms with van der Waals surface area (Å²) >= 11 is 0. The number of benzene rings is 4. The van der Waals surface area contributed by atoms with Crippen molar-refractivity contribution in [1.29, 1.82) is 0 Å². The maximum absolute atomic E-state index is 14.4. The summed E-state index contributed by atoms with van der Waals surface area (Å²) in [7, 11) is 2.99. The monoisotopic (exact) mass is 1220 g/mol. The van der Waals surface area contributed by atoms with Crippen LogP contribution in [0.3, 0.4) is 0 Å². The van der Waals surface area contributed by atoms with Gasteiger partial charge in [0, 0.05) is 55.7 Å². The Morgan fingerprint density at radius 2 is 1.47 bits per heavy atom. The van der Waals surface area contributed by atoms with Crippen molar-refractivity contribution >= 4 is 76.2 Å². The molecule has 7 rings (SSSR count). The SMILES string of the molecule is CCNC(=O)OCc1ccc2c(c1)C(C)[C@H](NC(=O)COCC(=O)N[C@H](C(=O)N[C@@H](C)C(=O)Nc1ccc(COC(=O)N3c4cc(OCCCOCC)c(OC)cc4C(=O)N4C=C(c5ccc(OC)cc5)C[C@H]4C3O)cc1)C(C)C)C(=O)NC(C)C(=O)N2. The number of methoxy groups -OCH3 is 2. The lowest BCUT2D eigenvalue weighted by Gasteiger charge is -2.31. The molecule has 88 heavy (non-hydrogen) atoms. The Bertz CT molecular complexity index is 3230. The average Bonchev–Trinajstić information content (AvgIpc) is 1.72. The molecular formula is C62H77N9O17. The Labute approximate surface area is 509 Å². The minimum Gasteiger partial charge on any atom is -0.497 e. The molecule has 26 heteroatoms. The number of aliphatic hydroxyl groups excluding tert-OH is 1. The summed E-state index contributed by atoms with van der Waals surface area (Å²) in [5, 5.41) is 30.6. The van der Waals surface area contributed by atoms with Crippen LogP contribution < -0.4 is 56.3 Å². The number of carbonyl (C=O) groups excluding carboxylic acids is 9. The van der Waals surface area contributed by atoms with Crippen LogP contribution in [-0.4, -0.2) is 154 Å². The topological polar surface area (TPSA) is 329 Å². The van der Waals surface area contributed by atoms with Gasteiger partial charge in [-0.15, -0.1) is 0 Å². The zero-order valence-electron chi connectivity index (χ0n) is 50.6. The summed E-state index contributed by atoms with van der Waals surface area (Å²) in [6.45, 7) is 11.4. The van der Waals surface area contributed by atoms with Gasteiger partial charge in [-0.3, -0.25) is 33.6 Å². The van der Waals surface area contributed by atoms with E-state index in [0.717, 1.165) is 16.0 Å². The van der Waals surface area contributed by atoms with Gasteiger partial charge in [0.15, 0.2) is 17.7 Å². The highest BCUT2D eigenvalue weighted by Gasteiger charge is 2.46. The molecule has 9 amide bonds. The van der Waals surface area contributed by atoms with Crippen molar-refractivity contribution < 1.29 is 81.4 Å². The Morgan fingerprint density at radius 3 is 2.15 bits per heavy atom. The molecule has 472 valence electrons. The summed E-state index contributed by atoms with van der Waals surface area (Å²) in [4.78, 5) is 123. The first-order valence-electron chi connectivity index (χ1n) is 28.9. The maximum Gasteiger partial charge on any atom is 0.416 e. The zero-order chi connectivity index (χ0) is 63.8. The quantitative estimate of drug-likeness (QED) is 0.0412. The predicted octanol–water partition coefficient (Wildman–Crippen LogP) is 4.83. The van der Waals surface area contributed by atoms with E-state index in [2.05, 4.69) is 37.2 Å². The van der Waals surface area contributed by atoms with Gasteiger partial charge in [0.25, 0.3) is 5.91 Å². The number of rotatable bonds is 25. The molecular weight excluding hydrogens is 1140 g/mol. The molecule has 0 radical (unpaired) electrons. The fourth-order valence-corrected chi connectivity index (χ4v) is 9.90. The molecule has 0 saturated heterocycles. The Hall–Kier alpha value is -9.27. The first-order chi connectivity index (χ1) is 42.1. The lowest BCUT2D eigenvalue weighted by Crippen LogP contribution is -2.54. The van der Waals surface area contributed by atoms with E-state index < -0.39 is 115 Å². The fourth-order valence-electron chi connectivity index (χ4n) is 9.90. The average molecular weight is 1220 g/mol. The second kappa shape index (κ2) is 30.9. The molecule has 3 unspecified atom stereocenters. The lowest BCUT2D eigenvalue weighted by atomic mass is 9.90. The molecule has 0 aliphatic carbocycles. The largest absolute Gasteiger partial charge is 0.497 e. The first-order valence-corrected chi connectivity index (χ1v) is 28.9. The van der Waals surface area contributed by atoms with Crippen LogP contribution in [0.15, 0.2) is 85.1 Å². The number of hydrogen-bond donors (Lipinski definition) is 8. The van der Waals surface area contributed by atoms with Crippen LogP contribution in [0.25, 0.3) is 5.57 Å². The van der Waals surface area contributed by atoms with E-state index in [-0.39, 0.29) is 49.0 Å². The Kier molecular flexibility index (Phi) is 23.3. The van der Waals surface area contributed by atoms with Crippen molar-refractivity contribution in [3.63, 3.8) is 0 Å². The lowest BCUT2D eigenvalue weighted by molar-refractivity contribution is -0.136. The van der Waals surface area contributed by atoms with Gasteiger partial charge in [-0.2, -0.15) is 0 Å². The molecule has 3 aliphatic heterocycles. The van der Waals surface area contributed by atoms with E-state index in [9.17, 15) is 48.3 Å². The normalized spacial score (nSPS) is 18.6. The number of fused-ring (bicyclic) bond motifs is 3. The van der Waals surface area contributed by atoms with Crippen molar-refractivity contribution in [1.82, 2.24) is 31.5 Å². The molecule has 3 aliphatic rings. The molecule has 0 saturated carbocycles. The molecule has 8 N–H and O–H groups in total. The van der Waals surface area contributed by atoms with Crippen molar-refractivity contribution in [3.8, 4) is 17.2 Å². The number of aliphatic hydroxyl groups is 1. The Morgan fingerprint density at radius 1 is 0.761 bits per heavy atom. The van der Waals surface area contributed by atoms with Gasteiger partial charge < -0.3 is 80.4 Å². The molecule has 0 aromatic heterocycles. The highest BCUT2D eigenvalue weighted by Crippen LogP contribution is 2.44. The van der Waals surface area contributed by atoms with Crippen LogP contribution in [0, 0.1) is 5.92 Å². The molecule has 26 nitrogen and oxygen atoms in total. The summed E-state index contributed by atoms with van der Waals surface area (Å²) < 4.78 is 39.0. The van der Waals surface area contributed by atoms with E-state index in [1.54, 1.807) is 95.6 Å². The molecule has 3 heterocycles. The number of alkyl carbamates (subject to hydrolysis) is 1. The van der Waals surface area contributed by atoms with Crippen LogP contribution in [0.5, 0.6) is 17.2 Å². The van der Waals surface area contributed by atoms with Crippen molar-refractivity contribution in [3.05, 3.63) is 113 Å². The van der Waals surface area contributed by atoms with Crippen LogP contribution in [0.1, 0.15) is 99.8 Å². The number of amides is 9.